The third kappa shape index (κ3) is 3.36. The Morgan fingerprint density at radius 2 is 2.04 bits per heavy atom. The fourth-order valence-corrected chi connectivity index (χ4v) is 3.84. The van der Waals surface area contributed by atoms with E-state index in [1.807, 2.05) is 30.3 Å². The molecule has 146 valence electrons. The molecule has 1 saturated heterocycles. The monoisotopic (exact) mass is 382 g/mol. The summed E-state index contributed by atoms with van der Waals surface area (Å²) in [4.78, 5) is 17.8. The van der Waals surface area contributed by atoms with E-state index in [4.69, 9.17) is 4.74 Å². The number of aromatic amines is 1. The number of hydrogen-bond acceptors (Lipinski definition) is 3. The van der Waals surface area contributed by atoms with Gasteiger partial charge >= 0.3 is 0 Å². The smallest absolute Gasteiger partial charge is 0.270 e. The van der Waals surface area contributed by atoms with Gasteiger partial charge in [0.05, 0.1) is 6.54 Å². The van der Waals surface area contributed by atoms with E-state index >= 15 is 0 Å². The number of halogens is 1. The molecule has 1 aliphatic rings. The van der Waals surface area contributed by atoms with Crippen LogP contribution in [-0.4, -0.2) is 45.7 Å². The third-order valence-electron chi connectivity index (χ3n) is 5.41. The molecule has 3 aromatic rings. The molecule has 5 nitrogen and oxygen atoms in total. The number of ether oxygens (including phenoxy) is 1. The van der Waals surface area contributed by atoms with E-state index in [0.29, 0.717) is 35.4 Å². The number of likely N-dealkylation sites (tertiary alicyclic amines) is 1. The summed E-state index contributed by atoms with van der Waals surface area (Å²) in [6.07, 6.45) is 0.110. The van der Waals surface area contributed by atoms with Crippen molar-refractivity contribution < 1.29 is 19.0 Å². The average molecular weight is 382 g/mol. The van der Waals surface area contributed by atoms with Gasteiger partial charge in [-0.1, -0.05) is 18.2 Å². The maximum atomic E-state index is 13.5. The highest BCUT2D eigenvalue weighted by Crippen LogP contribution is 2.29. The Kier molecular flexibility index (Phi) is 4.59. The molecule has 0 aliphatic carbocycles. The van der Waals surface area contributed by atoms with Gasteiger partial charge in [0, 0.05) is 23.9 Å². The second-order valence-electron chi connectivity index (χ2n) is 7.61. The van der Waals surface area contributed by atoms with Crippen LogP contribution in [0.3, 0.4) is 0 Å². The molecule has 2 N–H and O–H groups in total. The van der Waals surface area contributed by atoms with Crippen molar-refractivity contribution in [3.63, 3.8) is 0 Å². The van der Waals surface area contributed by atoms with Gasteiger partial charge in [0.2, 0.25) is 0 Å². The van der Waals surface area contributed by atoms with Crippen LogP contribution in [-0.2, 0) is 0 Å². The minimum absolute atomic E-state index is 0.159. The van der Waals surface area contributed by atoms with E-state index < -0.39 is 11.7 Å². The van der Waals surface area contributed by atoms with E-state index in [-0.39, 0.29) is 18.3 Å². The van der Waals surface area contributed by atoms with E-state index in [0.717, 1.165) is 5.52 Å². The summed E-state index contributed by atoms with van der Waals surface area (Å²) in [5, 5.41) is 11.6. The number of aliphatic hydroxyl groups is 1. The highest BCUT2D eigenvalue weighted by atomic mass is 19.1. The van der Waals surface area contributed by atoms with Gasteiger partial charge < -0.3 is 19.7 Å². The van der Waals surface area contributed by atoms with Crippen molar-refractivity contribution in [2.45, 2.75) is 32.0 Å². The van der Waals surface area contributed by atoms with E-state index in [2.05, 4.69) is 4.98 Å². The summed E-state index contributed by atoms with van der Waals surface area (Å²) in [5.41, 5.74) is 0.674. The predicted octanol–water partition coefficient (Wildman–Crippen LogP) is 3.66. The Morgan fingerprint density at radius 1 is 1.29 bits per heavy atom. The molecule has 6 heteroatoms. The summed E-state index contributed by atoms with van der Waals surface area (Å²) >= 11 is 0. The zero-order chi connectivity index (χ0) is 19.9. The summed E-state index contributed by atoms with van der Waals surface area (Å²) in [5.74, 6) is 0.156. The van der Waals surface area contributed by atoms with Crippen LogP contribution >= 0.6 is 0 Å². The van der Waals surface area contributed by atoms with Crippen molar-refractivity contribution in [1.29, 1.82) is 0 Å². The summed E-state index contributed by atoms with van der Waals surface area (Å²) in [6, 6.07) is 13.8. The molecule has 0 bridgehead atoms. The maximum Gasteiger partial charge on any atom is 0.270 e. The molecule has 1 aromatic heterocycles. The first-order chi connectivity index (χ1) is 13.3. The predicted molar refractivity (Wildman–Crippen MR) is 105 cm³/mol. The lowest BCUT2D eigenvalue weighted by atomic mass is 9.91. The van der Waals surface area contributed by atoms with Crippen molar-refractivity contribution in [2.24, 2.45) is 0 Å². The molecule has 28 heavy (non-hydrogen) atoms. The second kappa shape index (κ2) is 6.95. The van der Waals surface area contributed by atoms with Crippen molar-refractivity contribution in [1.82, 2.24) is 9.88 Å². The molecule has 0 spiro atoms. The number of aryl methyl sites for hydroxylation is 1. The number of amides is 1. The SMILES string of the molecule is Cc1c(C(=O)N2CC[C@H](Oc3ccccc3)[C@@](C)(O)C2)[nH]c2ccc(F)cc12. The molecule has 1 fully saturated rings. The minimum Gasteiger partial charge on any atom is -0.487 e. The van der Waals surface area contributed by atoms with Crippen molar-refractivity contribution in [3.05, 3.63) is 65.6 Å². The number of nitrogens with zero attached hydrogens (tertiary/aromatic N) is 1. The van der Waals surface area contributed by atoms with Crippen LogP contribution in [0.2, 0.25) is 0 Å². The largest absolute Gasteiger partial charge is 0.487 e. The van der Waals surface area contributed by atoms with Crippen LogP contribution in [0.1, 0.15) is 29.4 Å². The number of benzene rings is 2. The van der Waals surface area contributed by atoms with Crippen LogP contribution < -0.4 is 4.74 Å². The van der Waals surface area contributed by atoms with Crippen molar-refractivity contribution >= 4 is 16.8 Å². The highest BCUT2D eigenvalue weighted by Gasteiger charge is 2.41. The quantitative estimate of drug-likeness (QED) is 0.727. The van der Waals surface area contributed by atoms with Crippen molar-refractivity contribution in [2.75, 3.05) is 13.1 Å². The first kappa shape index (κ1) is 18.5. The average Bonchev–Trinajstić information content (AvgIpc) is 2.99. The van der Waals surface area contributed by atoms with Gasteiger partial charge in [-0.15, -0.1) is 0 Å². The summed E-state index contributed by atoms with van der Waals surface area (Å²) in [7, 11) is 0. The zero-order valence-electron chi connectivity index (χ0n) is 15.9. The van der Waals surface area contributed by atoms with Gasteiger partial charge in [0.1, 0.15) is 29.0 Å². The lowest BCUT2D eigenvalue weighted by Crippen LogP contribution is -2.58. The topological polar surface area (TPSA) is 65.6 Å². The van der Waals surface area contributed by atoms with Gasteiger partial charge in [-0.25, -0.2) is 4.39 Å². The van der Waals surface area contributed by atoms with Gasteiger partial charge in [-0.3, -0.25) is 4.79 Å². The Morgan fingerprint density at radius 3 is 2.75 bits per heavy atom. The number of H-pyrrole nitrogens is 1. The number of para-hydroxylation sites is 1. The molecular weight excluding hydrogens is 359 g/mol. The standard InChI is InChI=1S/C22H23FN2O3/c1-14-17-12-15(23)8-9-18(17)24-20(14)21(26)25-11-10-19(22(2,27)13-25)28-16-6-4-3-5-7-16/h3-9,12,19,24,27H,10-11,13H2,1-2H3/t19-,22-/m0/s1. The lowest BCUT2D eigenvalue weighted by Gasteiger charge is -2.42. The molecule has 0 radical (unpaired) electrons. The van der Waals surface area contributed by atoms with Crippen LogP contribution in [0.4, 0.5) is 4.39 Å². The van der Waals surface area contributed by atoms with Crippen LogP contribution in [0.25, 0.3) is 10.9 Å². The van der Waals surface area contributed by atoms with Crippen LogP contribution in [0, 0.1) is 12.7 Å². The second-order valence-corrected chi connectivity index (χ2v) is 7.61. The number of nitrogens with one attached hydrogen (secondary N) is 1. The molecule has 0 saturated carbocycles. The van der Waals surface area contributed by atoms with Crippen LogP contribution in [0.5, 0.6) is 5.75 Å². The number of fused-ring (bicyclic) bond motifs is 1. The van der Waals surface area contributed by atoms with Gasteiger partial charge in [0.25, 0.3) is 5.91 Å². The fraction of sp³-hybridized carbons (Fsp3) is 0.318. The summed E-state index contributed by atoms with van der Waals surface area (Å²) < 4.78 is 19.5. The molecule has 2 atom stereocenters. The zero-order valence-corrected chi connectivity index (χ0v) is 15.9. The van der Waals surface area contributed by atoms with E-state index in [9.17, 15) is 14.3 Å². The molecular formula is C22H23FN2O3. The maximum absolute atomic E-state index is 13.5. The number of aromatic nitrogens is 1. The number of carbonyl (C=O) groups is 1. The molecule has 4 rings (SSSR count). The van der Waals surface area contributed by atoms with Gasteiger partial charge in [-0.2, -0.15) is 0 Å². The van der Waals surface area contributed by atoms with Crippen LogP contribution in [0.15, 0.2) is 48.5 Å². The van der Waals surface area contributed by atoms with Gasteiger partial charge in [0.15, 0.2) is 0 Å². The number of β-amino-alcohol motifs (C(OH)–C–C–N with tert-alkyl or cyclic N) is 1. The number of piperidine rings is 1. The minimum atomic E-state index is -1.18. The Balaban J connectivity index is 1.53. The Labute approximate surface area is 162 Å². The molecule has 1 amide bonds. The first-order valence-corrected chi connectivity index (χ1v) is 9.36. The first-order valence-electron chi connectivity index (χ1n) is 9.36. The highest BCUT2D eigenvalue weighted by molar-refractivity contribution is 6.01. The fourth-order valence-electron chi connectivity index (χ4n) is 3.84. The normalized spacial score (nSPS) is 22.4. The van der Waals surface area contributed by atoms with E-state index in [1.165, 1.54) is 12.1 Å². The number of rotatable bonds is 3. The molecule has 1 aliphatic heterocycles. The molecule has 2 heterocycles. The third-order valence-corrected chi connectivity index (χ3v) is 5.41. The van der Waals surface area contributed by atoms with Crippen molar-refractivity contribution in [3.8, 4) is 5.75 Å². The Hall–Kier alpha value is -2.86. The number of carbonyl (C=O) groups excluding carboxylic acids is 1. The van der Waals surface area contributed by atoms with E-state index in [1.54, 1.807) is 24.8 Å². The molecule has 0 unspecified atom stereocenters. The molecule has 2 aromatic carbocycles. The number of hydrogen-bond donors (Lipinski definition) is 2. The Bertz CT molecular complexity index is 1010. The summed E-state index contributed by atoms with van der Waals surface area (Å²) in [6.45, 7) is 4.12. The lowest BCUT2D eigenvalue weighted by molar-refractivity contribution is -0.0900. The van der Waals surface area contributed by atoms with Gasteiger partial charge in [-0.05, 0) is 49.7 Å².